The van der Waals surface area contributed by atoms with Crippen molar-refractivity contribution in [3.05, 3.63) is 30.4 Å². The number of anilines is 1. The quantitative estimate of drug-likeness (QED) is 0.196. The predicted octanol–water partition coefficient (Wildman–Crippen LogP) is -0.0830. The molecule has 4 atom stereocenters. The number of methoxy groups -OCH3 is 2. The minimum absolute atomic E-state index is 0.160. The summed E-state index contributed by atoms with van der Waals surface area (Å²) in [7, 11) is -1.89. The number of phosphoric ester groups is 1. The smallest absolute Gasteiger partial charge is 0.469 e. The number of phosphoric acid groups is 1. The average molecular weight is 513 g/mol. The molecular weight excluding hydrogens is 489 g/mol. The van der Waals surface area contributed by atoms with Gasteiger partial charge in [0.1, 0.15) is 35.9 Å². The third kappa shape index (κ3) is 5.46. The molecule has 0 aliphatic carbocycles. The summed E-state index contributed by atoms with van der Waals surface area (Å²) in [5.41, 5.74) is 1.65. The fraction of sp³-hybridized carbons (Fsp3) is 0.421. The number of aromatic nitrogens is 4. The maximum absolute atomic E-state index is 10.9. The van der Waals surface area contributed by atoms with Crippen LogP contribution in [0.5, 0.6) is 17.2 Å². The molecule has 15 nitrogen and oxygen atoms in total. The Labute approximate surface area is 198 Å². The Kier molecular flexibility index (Phi) is 7.37. The summed E-state index contributed by atoms with van der Waals surface area (Å²) in [6.45, 7) is -0.470. The molecule has 0 bridgehead atoms. The van der Waals surface area contributed by atoms with Crippen molar-refractivity contribution in [3.63, 3.8) is 0 Å². The summed E-state index contributed by atoms with van der Waals surface area (Å²) in [6.07, 6.45) is -2.77. The molecule has 6 N–H and O–H groups in total. The fourth-order valence-corrected chi connectivity index (χ4v) is 3.92. The van der Waals surface area contributed by atoms with Gasteiger partial charge in [0.05, 0.1) is 32.7 Å². The van der Waals surface area contributed by atoms with Crippen LogP contribution >= 0.6 is 7.82 Å². The first-order valence-corrected chi connectivity index (χ1v) is 11.7. The van der Waals surface area contributed by atoms with Gasteiger partial charge in [0.2, 0.25) is 6.29 Å². The Morgan fingerprint density at radius 2 is 1.89 bits per heavy atom. The molecule has 35 heavy (non-hydrogen) atoms. The number of imidazole rings is 1. The van der Waals surface area contributed by atoms with Crippen LogP contribution in [0.25, 0.3) is 11.2 Å². The van der Waals surface area contributed by atoms with Crippen molar-refractivity contribution in [1.82, 2.24) is 19.9 Å². The molecule has 1 aliphatic heterocycles. The van der Waals surface area contributed by atoms with Crippen LogP contribution in [0, 0.1) is 0 Å². The Balaban J connectivity index is 1.54. The molecule has 1 fully saturated rings. The summed E-state index contributed by atoms with van der Waals surface area (Å²) in [5.74, 6) is 1.38. The summed E-state index contributed by atoms with van der Waals surface area (Å²) in [5, 5.41) is 23.7. The number of hydrogen-bond donors (Lipinski definition) is 6. The number of H-pyrrole nitrogens is 1. The normalized spacial score (nSPS) is 22.3. The lowest BCUT2D eigenvalue weighted by atomic mass is 10.1. The molecule has 16 heteroatoms. The highest BCUT2D eigenvalue weighted by Gasteiger charge is 2.45. The molecule has 0 radical (unpaired) electrons. The topological polar surface area (TPSA) is 211 Å². The fourth-order valence-electron chi connectivity index (χ4n) is 3.58. The molecule has 3 aromatic rings. The number of ether oxygens (including phenoxy) is 4. The molecule has 2 aromatic heterocycles. The van der Waals surface area contributed by atoms with E-state index in [1.807, 2.05) is 0 Å². The van der Waals surface area contributed by atoms with Gasteiger partial charge < -0.3 is 49.2 Å². The zero-order valence-corrected chi connectivity index (χ0v) is 19.5. The van der Waals surface area contributed by atoms with E-state index in [1.165, 1.54) is 32.9 Å². The first-order valence-electron chi connectivity index (χ1n) is 10.2. The lowest BCUT2D eigenvalue weighted by Gasteiger charge is -2.21. The molecule has 3 heterocycles. The van der Waals surface area contributed by atoms with Gasteiger partial charge >= 0.3 is 7.82 Å². The molecule has 1 aliphatic rings. The van der Waals surface area contributed by atoms with Gasteiger partial charge in [0, 0.05) is 6.54 Å². The maximum Gasteiger partial charge on any atom is 0.469 e. The number of benzene rings is 1. The standard InChI is InChI=1S/C19H24N5O10P/c1-30-10-3-4-11(33-19-15(26)14(25)12(34-19)6-32-35(27,28)29)16(31-2)9(10)5-20-17-13-18(22-7-21-13)24-8-23-17/h3-4,7-8,12,14-15,19,25-26H,5-6H2,1-2H3,(H2,27,28,29)(H2,20,21,22,23,24)/t12-,14-,15-,19?/m1/s1. The SMILES string of the molecule is COc1ccc(OC2O[C@H](COP(=O)(O)O)[C@@H](O)[C@H]2O)c(OC)c1CNc1ncnc2nc[nH]c12. The van der Waals surface area contributed by atoms with Gasteiger partial charge in [-0.15, -0.1) is 0 Å². The van der Waals surface area contributed by atoms with Crippen molar-refractivity contribution < 1.29 is 48.0 Å². The van der Waals surface area contributed by atoms with Gasteiger partial charge in [-0.25, -0.2) is 19.5 Å². The van der Waals surface area contributed by atoms with Crippen LogP contribution in [0.15, 0.2) is 24.8 Å². The van der Waals surface area contributed by atoms with E-state index in [-0.39, 0.29) is 18.0 Å². The molecule has 0 spiro atoms. The third-order valence-electron chi connectivity index (χ3n) is 5.23. The van der Waals surface area contributed by atoms with Crippen molar-refractivity contribution in [3.8, 4) is 17.2 Å². The second-order valence-electron chi connectivity index (χ2n) is 7.38. The highest BCUT2D eigenvalue weighted by molar-refractivity contribution is 7.46. The Hall–Kier alpha value is -3.04. The Morgan fingerprint density at radius 1 is 1.11 bits per heavy atom. The number of fused-ring (bicyclic) bond motifs is 1. The van der Waals surface area contributed by atoms with E-state index in [2.05, 4.69) is 29.8 Å². The highest BCUT2D eigenvalue weighted by atomic mass is 31.2. The van der Waals surface area contributed by atoms with E-state index in [9.17, 15) is 14.8 Å². The number of hydrogen-bond acceptors (Lipinski definition) is 12. The monoisotopic (exact) mass is 513 g/mol. The Bertz CT molecular complexity index is 1220. The molecule has 0 saturated carbocycles. The van der Waals surface area contributed by atoms with E-state index in [4.69, 9.17) is 28.7 Å². The summed E-state index contributed by atoms with van der Waals surface area (Å²) in [4.78, 5) is 33.1. The minimum atomic E-state index is -4.79. The van der Waals surface area contributed by atoms with Gasteiger partial charge in [0.15, 0.2) is 23.0 Å². The lowest BCUT2D eigenvalue weighted by molar-refractivity contribution is -0.116. The van der Waals surface area contributed by atoms with Gasteiger partial charge in [-0.3, -0.25) is 4.52 Å². The largest absolute Gasteiger partial charge is 0.496 e. The minimum Gasteiger partial charge on any atom is -0.496 e. The van der Waals surface area contributed by atoms with Crippen LogP contribution in [0.3, 0.4) is 0 Å². The van der Waals surface area contributed by atoms with Gasteiger partial charge in [0.25, 0.3) is 0 Å². The van der Waals surface area contributed by atoms with E-state index in [0.717, 1.165) is 0 Å². The second kappa shape index (κ2) is 10.3. The van der Waals surface area contributed by atoms with Gasteiger partial charge in [-0.1, -0.05) is 0 Å². The maximum atomic E-state index is 10.9. The third-order valence-corrected chi connectivity index (χ3v) is 5.72. The zero-order chi connectivity index (χ0) is 25.2. The van der Waals surface area contributed by atoms with Crippen molar-refractivity contribution >= 4 is 24.8 Å². The first-order chi connectivity index (χ1) is 16.7. The van der Waals surface area contributed by atoms with Crippen LogP contribution in [-0.4, -0.2) is 85.4 Å². The van der Waals surface area contributed by atoms with E-state index < -0.39 is 39.0 Å². The molecule has 190 valence electrons. The summed E-state index contributed by atoms with van der Waals surface area (Å²) >= 11 is 0. The predicted molar refractivity (Wildman–Crippen MR) is 118 cm³/mol. The number of aliphatic hydroxyl groups excluding tert-OH is 2. The second-order valence-corrected chi connectivity index (χ2v) is 8.62. The van der Waals surface area contributed by atoms with Crippen LogP contribution in [0.4, 0.5) is 5.82 Å². The molecule has 1 unspecified atom stereocenters. The summed E-state index contributed by atoms with van der Waals surface area (Å²) in [6, 6.07) is 3.15. The lowest BCUT2D eigenvalue weighted by Crippen LogP contribution is -2.36. The highest BCUT2D eigenvalue weighted by Crippen LogP contribution is 2.41. The van der Waals surface area contributed by atoms with Crippen molar-refractivity contribution in [2.24, 2.45) is 0 Å². The molecule has 0 amide bonds. The molecular formula is C19H24N5O10P. The number of nitrogens with zero attached hydrogens (tertiary/aromatic N) is 3. The van der Waals surface area contributed by atoms with Crippen molar-refractivity contribution in [1.29, 1.82) is 0 Å². The summed E-state index contributed by atoms with van der Waals surface area (Å²) < 4.78 is 37.5. The zero-order valence-electron chi connectivity index (χ0n) is 18.6. The van der Waals surface area contributed by atoms with E-state index in [0.29, 0.717) is 28.3 Å². The number of aliphatic hydroxyl groups is 2. The Morgan fingerprint density at radius 3 is 2.60 bits per heavy atom. The molecule has 1 aromatic carbocycles. The van der Waals surface area contributed by atoms with Crippen LogP contribution < -0.4 is 19.5 Å². The average Bonchev–Trinajstić information content (AvgIpc) is 3.41. The molecule has 4 rings (SSSR count). The van der Waals surface area contributed by atoms with E-state index >= 15 is 0 Å². The van der Waals surface area contributed by atoms with Gasteiger partial charge in [-0.2, -0.15) is 0 Å². The van der Waals surface area contributed by atoms with Crippen molar-refractivity contribution in [2.75, 3.05) is 26.1 Å². The van der Waals surface area contributed by atoms with E-state index in [1.54, 1.807) is 6.07 Å². The van der Waals surface area contributed by atoms with Gasteiger partial charge in [-0.05, 0) is 12.1 Å². The number of rotatable bonds is 10. The van der Waals surface area contributed by atoms with Crippen LogP contribution in [0.1, 0.15) is 5.56 Å². The number of nitrogens with one attached hydrogen (secondary N) is 2. The van der Waals surface area contributed by atoms with Crippen LogP contribution in [-0.2, 0) is 20.4 Å². The van der Waals surface area contributed by atoms with Crippen LogP contribution in [0.2, 0.25) is 0 Å². The first kappa shape index (κ1) is 25.1. The number of aromatic amines is 1. The van der Waals surface area contributed by atoms with Crippen molar-refractivity contribution in [2.45, 2.75) is 31.1 Å². The molecule has 1 saturated heterocycles.